The molecule has 2 rings (SSSR count). The zero-order valence-electron chi connectivity index (χ0n) is 9.64. The Morgan fingerprint density at radius 3 is 2.59 bits per heavy atom. The van der Waals surface area contributed by atoms with E-state index in [0.717, 1.165) is 11.4 Å². The third kappa shape index (κ3) is 3.10. The summed E-state index contributed by atoms with van der Waals surface area (Å²) in [6.45, 7) is 2.20. The fourth-order valence-electron chi connectivity index (χ4n) is 1.71. The molecule has 0 saturated carbocycles. The second-order valence-corrected chi connectivity index (χ2v) is 5.03. The molecule has 0 atom stereocenters. The van der Waals surface area contributed by atoms with Crippen molar-refractivity contribution in [3.63, 3.8) is 0 Å². The molecule has 0 aliphatic heterocycles. The molecule has 86 valence electrons. The lowest BCUT2D eigenvalue weighted by Crippen LogP contribution is -1.81. The first-order chi connectivity index (χ1) is 8.33. The van der Waals surface area contributed by atoms with Gasteiger partial charge in [0.1, 0.15) is 5.00 Å². The summed E-state index contributed by atoms with van der Waals surface area (Å²) in [4.78, 5) is 5.20. The molecule has 3 heteroatoms. The first-order valence-electron chi connectivity index (χ1n) is 5.60. The largest absolute Gasteiger partial charge is 0.184 e. The van der Waals surface area contributed by atoms with E-state index in [2.05, 4.69) is 59.6 Å². The van der Waals surface area contributed by atoms with E-state index in [1.54, 1.807) is 11.3 Å². The SMILES string of the molecule is CCCc1ccc(-c2ccc(N=C=S)s2)cc1. The second kappa shape index (κ2) is 5.87. The molecule has 0 fully saturated rings. The Morgan fingerprint density at radius 2 is 1.94 bits per heavy atom. The van der Waals surface area contributed by atoms with Crippen molar-refractivity contribution in [2.45, 2.75) is 19.8 Å². The van der Waals surface area contributed by atoms with E-state index in [9.17, 15) is 0 Å². The Hall–Kier alpha value is -1.28. The molecule has 1 aromatic heterocycles. The Morgan fingerprint density at radius 1 is 1.18 bits per heavy atom. The number of benzene rings is 1. The first-order valence-corrected chi connectivity index (χ1v) is 6.83. The minimum absolute atomic E-state index is 0.910. The number of hydrogen-bond donors (Lipinski definition) is 0. The molecule has 0 spiro atoms. The number of hydrogen-bond acceptors (Lipinski definition) is 3. The number of rotatable bonds is 4. The van der Waals surface area contributed by atoms with E-state index in [4.69, 9.17) is 0 Å². The third-order valence-electron chi connectivity index (χ3n) is 2.52. The van der Waals surface area contributed by atoms with E-state index in [0.29, 0.717) is 0 Å². The van der Waals surface area contributed by atoms with Crippen LogP contribution in [0.4, 0.5) is 5.00 Å². The molecule has 0 saturated heterocycles. The zero-order chi connectivity index (χ0) is 12.1. The van der Waals surface area contributed by atoms with Crippen LogP contribution in [0.25, 0.3) is 10.4 Å². The highest BCUT2D eigenvalue weighted by Crippen LogP contribution is 2.32. The van der Waals surface area contributed by atoms with E-state index in [-0.39, 0.29) is 0 Å². The highest BCUT2D eigenvalue weighted by atomic mass is 32.1. The van der Waals surface area contributed by atoms with Crippen molar-refractivity contribution >= 4 is 33.7 Å². The van der Waals surface area contributed by atoms with Gasteiger partial charge in [-0.3, -0.25) is 0 Å². The number of isothiocyanates is 1. The molecule has 2 aromatic rings. The average molecular weight is 259 g/mol. The van der Waals surface area contributed by atoms with Crippen molar-refractivity contribution < 1.29 is 0 Å². The fourth-order valence-corrected chi connectivity index (χ4v) is 2.71. The van der Waals surface area contributed by atoms with Gasteiger partial charge in [-0.1, -0.05) is 37.6 Å². The maximum absolute atomic E-state index is 4.60. The van der Waals surface area contributed by atoms with Crippen LogP contribution in [0.15, 0.2) is 41.4 Å². The Kier molecular flexibility index (Phi) is 4.21. The molecule has 0 aliphatic carbocycles. The van der Waals surface area contributed by atoms with Gasteiger partial charge in [-0.15, -0.1) is 11.3 Å². The van der Waals surface area contributed by atoms with Crippen molar-refractivity contribution in [2.75, 3.05) is 0 Å². The Labute approximate surface area is 111 Å². The molecule has 1 aromatic carbocycles. The lowest BCUT2D eigenvalue weighted by molar-refractivity contribution is 0.922. The molecule has 0 aliphatic rings. The molecule has 0 amide bonds. The third-order valence-corrected chi connectivity index (χ3v) is 3.64. The fraction of sp³-hybridized carbons (Fsp3) is 0.214. The van der Waals surface area contributed by atoms with Crippen molar-refractivity contribution in [2.24, 2.45) is 4.99 Å². The summed E-state index contributed by atoms with van der Waals surface area (Å²) in [6, 6.07) is 12.8. The van der Waals surface area contributed by atoms with Gasteiger partial charge in [0, 0.05) is 4.88 Å². The topological polar surface area (TPSA) is 12.4 Å². The smallest absolute Gasteiger partial charge is 0.127 e. The van der Waals surface area contributed by atoms with Crippen LogP contribution in [-0.4, -0.2) is 5.16 Å². The number of nitrogens with zero attached hydrogens (tertiary/aromatic N) is 1. The summed E-state index contributed by atoms with van der Waals surface area (Å²) in [5.74, 6) is 0. The van der Waals surface area contributed by atoms with Crippen molar-refractivity contribution in [3.8, 4) is 10.4 Å². The van der Waals surface area contributed by atoms with Crippen LogP contribution in [0.1, 0.15) is 18.9 Å². The zero-order valence-corrected chi connectivity index (χ0v) is 11.3. The predicted molar refractivity (Wildman–Crippen MR) is 78.4 cm³/mol. The van der Waals surface area contributed by atoms with Gasteiger partial charge in [0.2, 0.25) is 0 Å². The van der Waals surface area contributed by atoms with Crippen LogP contribution in [0, 0.1) is 0 Å². The minimum atomic E-state index is 0.910. The first kappa shape index (κ1) is 12.2. The predicted octanol–water partition coefficient (Wildman–Crippen LogP) is 5.10. The molecule has 1 nitrogen and oxygen atoms in total. The lowest BCUT2D eigenvalue weighted by Gasteiger charge is -2.00. The summed E-state index contributed by atoms with van der Waals surface area (Å²) < 4.78 is 0. The monoisotopic (exact) mass is 259 g/mol. The van der Waals surface area contributed by atoms with E-state index in [1.165, 1.54) is 22.4 Å². The number of aryl methyl sites for hydroxylation is 1. The maximum Gasteiger partial charge on any atom is 0.127 e. The van der Waals surface area contributed by atoms with Gasteiger partial charge >= 0.3 is 0 Å². The maximum atomic E-state index is 4.60. The van der Waals surface area contributed by atoms with Crippen LogP contribution in [0.5, 0.6) is 0 Å². The van der Waals surface area contributed by atoms with Gasteiger partial charge in [-0.25, -0.2) is 0 Å². The van der Waals surface area contributed by atoms with Crippen LogP contribution in [-0.2, 0) is 6.42 Å². The van der Waals surface area contributed by atoms with E-state index >= 15 is 0 Å². The Balaban J connectivity index is 2.23. The van der Waals surface area contributed by atoms with Gasteiger partial charge in [0.25, 0.3) is 0 Å². The molecule has 0 radical (unpaired) electrons. The standard InChI is InChI=1S/C14H13NS2/c1-2-3-11-4-6-12(7-5-11)13-8-9-14(17-13)15-10-16/h4-9H,2-3H2,1H3. The molecule has 1 heterocycles. The number of aliphatic imine (C=N–C) groups is 1. The molecule has 0 unspecified atom stereocenters. The molecule has 0 bridgehead atoms. The lowest BCUT2D eigenvalue weighted by atomic mass is 10.1. The van der Waals surface area contributed by atoms with Crippen LogP contribution >= 0.6 is 23.6 Å². The summed E-state index contributed by atoms with van der Waals surface area (Å²) in [5.41, 5.74) is 2.63. The number of thiocarbonyl (C=S) groups is 1. The van der Waals surface area contributed by atoms with Crippen molar-refractivity contribution in [3.05, 3.63) is 42.0 Å². The summed E-state index contributed by atoms with van der Waals surface area (Å²) in [6.07, 6.45) is 2.33. The number of thiophene rings is 1. The summed E-state index contributed by atoms with van der Waals surface area (Å²) in [7, 11) is 0. The quantitative estimate of drug-likeness (QED) is 0.549. The molecule has 0 N–H and O–H groups in total. The van der Waals surface area contributed by atoms with Crippen molar-refractivity contribution in [1.82, 2.24) is 0 Å². The van der Waals surface area contributed by atoms with Gasteiger partial charge < -0.3 is 0 Å². The molecular formula is C14H13NS2. The normalized spacial score (nSPS) is 9.94. The molecule has 17 heavy (non-hydrogen) atoms. The van der Waals surface area contributed by atoms with Gasteiger partial charge in [0.15, 0.2) is 0 Å². The second-order valence-electron chi connectivity index (χ2n) is 3.79. The van der Waals surface area contributed by atoms with E-state index in [1.807, 2.05) is 6.07 Å². The van der Waals surface area contributed by atoms with Crippen LogP contribution < -0.4 is 0 Å². The van der Waals surface area contributed by atoms with Gasteiger partial charge in [-0.2, -0.15) is 4.99 Å². The Bertz CT molecular complexity index is 534. The average Bonchev–Trinajstić information content (AvgIpc) is 2.80. The van der Waals surface area contributed by atoms with E-state index < -0.39 is 0 Å². The molecular weight excluding hydrogens is 246 g/mol. The summed E-state index contributed by atoms with van der Waals surface area (Å²) in [5, 5.41) is 3.30. The van der Waals surface area contributed by atoms with Crippen LogP contribution in [0.2, 0.25) is 0 Å². The highest BCUT2D eigenvalue weighted by Gasteiger charge is 2.02. The minimum Gasteiger partial charge on any atom is -0.184 e. The van der Waals surface area contributed by atoms with Crippen LogP contribution in [0.3, 0.4) is 0 Å². The van der Waals surface area contributed by atoms with Gasteiger partial charge in [-0.05, 0) is 41.9 Å². The van der Waals surface area contributed by atoms with Gasteiger partial charge in [0.05, 0.1) is 5.16 Å². The highest BCUT2D eigenvalue weighted by molar-refractivity contribution is 7.78. The van der Waals surface area contributed by atoms with Crippen molar-refractivity contribution in [1.29, 1.82) is 0 Å². The summed E-state index contributed by atoms with van der Waals surface area (Å²) >= 11 is 6.23.